The number of aliphatic hydroxyl groups is 2. The Bertz CT molecular complexity index is 2530. The van der Waals surface area contributed by atoms with Crippen molar-refractivity contribution in [3.63, 3.8) is 0 Å². The number of hydrogen-bond acceptors (Lipinski definition) is 16. The largest absolute Gasteiger partial charge is 0.497 e. The van der Waals surface area contributed by atoms with Gasteiger partial charge in [-0.25, -0.2) is 23.3 Å². The fraction of sp³-hybridized carbons (Fsp3) is 0.412. The quantitative estimate of drug-likeness (QED) is 0.0475. The third-order valence-corrected chi connectivity index (χ3v) is 12.2. The number of rotatable bonds is 10. The number of β-amino-alcohol motifs (C(OH)–C–C–N with tert-alkyl or cyclic N) is 2. The van der Waals surface area contributed by atoms with E-state index in [0.29, 0.717) is 53.0 Å². The molecule has 0 spiro atoms. The fourth-order valence-electron chi connectivity index (χ4n) is 6.69. The Kier molecular flexibility index (Phi) is 14.5. The van der Waals surface area contributed by atoms with E-state index in [0.717, 1.165) is 51.9 Å². The Hall–Kier alpha value is -5.05. The van der Waals surface area contributed by atoms with E-state index in [4.69, 9.17) is 30.6 Å². The molecule has 26 heteroatoms. The van der Waals surface area contributed by atoms with E-state index >= 15 is 0 Å². The van der Waals surface area contributed by atoms with Crippen molar-refractivity contribution in [3.8, 4) is 22.8 Å². The monoisotopic (exact) mass is 978 g/mol. The minimum Gasteiger partial charge on any atom is -0.497 e. The highest BCUT2D eigenvalue weighted by molar-refractivity contribution is 14.1. The van der Waals surface area contributed by atoms with Crippen LogP contribution < -0.4 is 24.7 Å². The molecule has 316 valence electrons. The van der Waals surface area contributed by atoms with Crippen LogP contribution in [0.5, 0.6) is 11.5 Å². The zero-order valence-electron chi connectivity index (χ0n) is 32.1. The van der Waals surface area contributed by atoms with Gasteiger partial charge in [0.05, 0.1) is 56.6 Å². The van der Waals surface area contributed by atoms with Crippen LogP contribution in [0, 0.1) is 15.3 Å². The van der Waals surface area contributed by atoms with Crippen molar-refractivity contribution in [3.05, 3.63) is 85.0 Å². The van der Waals surface area contributed by atoms with Crippen LogP contribution in [-0.4, -0.2) is 121 Å². The summed E-state index contributed by atoms with van der Waals surface area (Å²) >= 11 is 5.08. The zero-order chi connectivity index (χ0) is 43.0. The number of benzene rings is 2. The van der Waals surface area contributed by atoms with E-state index in [1.54, 1.807) is 27.5 Å². The number of piperidine rings is 2. The van der Waals surface area contributed by atoms with Gasteiger partial charge >= 0.3 is 7.12 Å². The number of azide groups is 2. The summed E-state index contributed by atoms with van der Waals surface area (Å²) in [5, 5.41) is 56.5. The van der Waals surface area contributed by atoms with Gasteiger partial charge < -0.3 is 39.5 Å². The molecule has 0 radical (unpaired) electrons. The second kappa shape index (κ2) is 19.6. The summed E-state index contributed by atoms with van der Waals surface area (Å²) < 4.78 is 40.5. The minimum absolute atomic E-state index is 0.0283. The topological polar surface area (TPSA) is 264 Å². The smallest absolute Gasteiger partial charge is 0.492 e. The van der Waals surface area contributed by atoms with Crippen LogP contribution in [0.15, 0.2) is 59.0 Å². The molecule has 4 N–H and O–H groups in total. The third kappa shape index (κ3) is 10.5. The van der Waals surface area contributed by atoms with Gasteiger partial charge in [-0.2, -0.15) is 4.52 Å². The van der Waals surface area contributed by atoms with Gasteiger partial charge in [0.25, 0.3) is 0 Å². The maximum Gasteiger partial charge on any atom is 0.492 e. The highest BCUT2D eigenvalue weighted by atomic mass is 127. The summed E-state index contributed by atoms with van der Waals surface area (Å²) in [6.45, 7) is 2.47. The number of aromatic nitrogens is 6. The molecule has 0 saturated carbocycles. The molecule has 2 aromatic carbocycles. The van der Waals surface area contributed by atoms with Gasteiger partial charge in [0, 0.05) is 59.2 Å². The summed E-state index contributed by atoms with van der Waals surface area (Å²) in [4.78, 5) is 19.7. The minimum atomic E-state index is -1.64. The highest BCUT2D eigenvalue weighted by Crippen LogP contribution is 2.35. The van der Waals surface area contributed by atoms with E-state index in [1.807, 2.05) is 9.80 Å². The lowest BCUT2D eigenvalue weighted by molar-refractivity contribution is 0.0343. The van der Waals surface area contributed by atoms with E-state index in [2.05, 4.69) is 62.8 Å². The molecular formula is C34H38BF2IN14O6S2. The lowest BCUT2D eigenvalue weighted by Crippen LogP contribution is -2.50. The molecule has 0 amide bonds. The maximum atomic E-state index is 13.5. The van der Waals surface area contributed by atoms with Gasteiger partial charge in [-0.05, 0) is 77.5 Å². The maximum absolute atomic E-state index is 13.5. The standard InChI is InChI=1S/C17H18FN7O2S.C10H12IN7OS.C7H8BFO3/c1-27-14-7-11(18)3-4-12(14)13-8-20-15-25(13)22-16(28-15)24-6-2-5-17(26,10-24)9-21-23-19;11-7-4-13-8-18(7)15-9(20-8)17-3-1-2-10(19,6-17)5-14-16-12;1-12-7-4-5(9)2-3-6(7)8(10)11/h3-4,7-8,26H,2,5-6,9-10H2,1H3;4,19H,1-3,5-6H2;2-4,10-11H,1H3. The SMILES string of the molecule is COc1cc(F)ccc1-c1cnc2sc(N3CCCC(O)(CN=[N+]=[N-])C3)nn12.COc1cc(F)ccc1B(O)O.[N-]=[N+]=NCC1(O)CCCN(c2nn3c(I)cnc3s2)C1. The summed E-state index contributed by atoms with van der Waals surface area (Å²) in [5.74, 6) is -0.327. The van der Waals surface area contributed by atoms with Crippen LogP contribution in [0.25, 0.3) is 42.1 Å². The first kappa shape index (κ1) is 44.5. The molecule has 60 heavy (non-hydrogen) atoms. The number of fused-ring (bicyclic) bond motifs is 2. The van der Waals surface area contributed by atoms with Gasteiger partial charge in [-0.3, -0.25) is 0 Å². The van der Waals surface area contributed by atoms with Crippen molar-refractivity contribution in [2.24, 2.45) is 10.2 Å². The lowest BCUT2D eigenvalue weighted by atomic mass is 9.79. The van der Waals surface area contributed by atoms with Crippen LogP contribution in [0.3, 0.4) is 0 Å². The van der Waals surface area contributed by atoms with Crippen LogP contribution in [0.4, 0.5) is 19.0 Å². The van der Waals surface area contributed by atoms with E-state index < -0.39 is 24.1 Å². The Labute approximate surface area is 362 Å². The van der Waals surface area contributed by atoms with Gasteiger partial charge in [-0.15, -0.1) is 10.2 Å². The molecule has 2 fully saturated rings. The molecule has 2 unspecified atom stereocenters. The highest BCUT2D eigenvalue weighted by Gasteiger charge is 2.35. The molecule has 2 aliphatic heterocycles. The number of imidazole rings is 2. The van der Waals surface area contributed by atoms with Crippen molar-refractivity contribution in [1.82, 2.24) is 29.2 Å². The second-order valence-electron chi connectivity index (χ2n) is 13.8. The predicted octanol–water partition coefficient (Wildman–Crippen LogP) is 4.80. The Morgan fingerprint density at radius 2 is 1.33 bits per heavy atom. The normalized spacial score (nSPS) is 18.8. The molecule has 8 rings (SSSR count). The van der Waals surface area contributed by atoms with Crippen LogP contribution in [0.1, 0.15) is 25.7 Å². The van der Waals surface area contributed by atoms with Gasteiger partial charge in [0.1, 0.15) is 26.8 Å². The van der Waals surface area contributed by atoms with Crippen molar-refractivity contribution in [1.29, 1.82) is 0 Å². The van der Waals surface area contributed by atoms with Crippen molar-refractivity contribution < 1.29 is 38.5 Å². The first-order chi connectivity index (χ1) is 28.8. The molecule has 4 aromatic heterocycles. The number of anilines is 2. The van der Waals surface area contributed by atoms with Crippen molar-refractivity contribution in [2.45, 2.75) is 36.9 Å². The van der Waals surface area contributed by atoms with Crippen LogP contribution in [-0.2, 0) is 0 Å². The molecule has 2 atom stereocenters. The number of methoxy groups -OCH3 is 2. The van der Waals surface area contributed by atoms with E-state index in [9.17, 15) is 19.0 Å². The molecule has 2 saturated heterocycles. The predicted molar refractivity (Wildman–Crippen MR) is 230 cm³/mol. The van der Waals surface area contributed by atoms with Crippen molar-refractivity contribution >= 4 is 78.0 Å². The number of halogens is 3. The molecule has 0 aliphatic carbocycles. The fourth-order valence-corrected chi connectivity index (χ4v) is 9.13. The molecule has 20 nitrogen and oxygen atoms in total. The first-order valence-corrected chi connectivity index (χ1v) is 20.8. The molecule has 0 bridgehead atoms. The third-order valence-electron chi connectivity index (χ3n) is 9.53. The average molecular weight is 979 g/mol. The molecule has 6 heterocycles. The van der Waals surface area contributed by atoms with Crippen LogP contribution in [0.2, 0.25) is 0 Å². The number of nitrogens with zero attached hydrogens (tertiary/aromatic N) is 14. The second-order valence-corrected chi connectivity index (χ2v) is 16.7. The Balaban J connectivity index is 0.000000164. The van der Waals surface area contributed by atoms with Crippen LogP contribution >= 0.6 is 45.3 Å². The molecule has 2 aliphatic rings. The van der Waals surface area contributed by atoms with Gasteiger partial charge in [-0.1, -0.05) is 39.0 Å². The number of ether oxygens (including phenoxy) is 2. The van der Waals surface area contributed by atoms with Gasteiger partial charge in [0.15, 0.2) is 0 Å². The summed E-state index contributed by atoms with van der Waals surface area (Å²) in [6, 6.07) is 7.81. The number of hydrogen-bond donors (Lipinski definition) is 4. The Morgan fingerprint density at radius 1 is 0.817 bits per heavy atom. The zero-order valence-corrected chi connectivity index (χ0v) is 35.9. The van der Waals surface area contributed by atoms with E-state index in [-0.39, 0.29) is 30.1 Å². The molecular weight excluding hydrogens is 940 g/mol. The lowest BCUT2D eigenvalue weighted by Gasteiger charge is -2.38. The molecule has 6 aromatic rings. The summed E-state index contributed by atoms with van der Waals surface area (Å²) in [6.07, 6.45) is 6.27. The average Bonchev–Trinajstić information content (AvgIpc) is 4.03. The van der Waals surface area contributed by atoms with Gasteiger partial charge in [0.2, 0.25) is 20.2 Å². The summed E-state index contributed by atoms with van der Waals surface area (Å²) in [7, 11) is 1.18. The summed E-state index contributed by atoms with van der Waals surface area (Å²) in [5.41, 5.74) is 16.4. The van der Waals surface area contributed by atoms with E-state index in [1.165, 1.54) is 55.1 Å². The van der Waals surface area contributed by atoms with Crippen molar-refractivity contribution in [2.75, 3.05) is 63.3 Å². The first-order valence-electron chi connectivity index (χ1n) is 18.1. The Morgan fingerprint density at radius 3 is 1.87 bits per heavy atom.